The number of nitrogens with zero attached hydrogens (tertiary/aromatic N) is 1. The van der Waals surface area contributed by atoms with E-state index >= 15 is 0 Å². The molecule has 3 N–H and O–H groups in total. The summed E-state index contributed by atoms with van der Waals surface area (Å²) in [6, 6.07) is 3.23. The molecule has 5 heteroatoms. The molecule has 15 heavy (non-hydrogen) atoms. The van der Waals surface area contributed by atoms with Gasteiger partial charge in [-0.05, 0) is 18.6 Å². The van der Waals surface area contributed by atoms with Crippen LogP contribution in [0.1, 0.15) is 19.8 Å². The molecule has 1 amide bonds. The van der Waals surface area contributed by atoms with E-state index in [2.05, 4.69) is 10.3 Å². The fourth-order valence-electron chi connectivity index (χ4n) is 1.04. The lowest BCUT2D eigenvalue weighted by atomic mass is 10.1. The molecule has 82 valence electrons. The van der Waals surface area contributed by atoms with Crippen LogP contribution in [0, 0.1) is 0 Å². The summed E-state index contributed by atoms with van der Waals surface area (Å²) in [5, 5.41) is 3.10. The van der Waals surface area contributed by atoms with Gasteiger partial charge in [-0.25, -0.2) is 4.98 Å². The third-order valence-electron chi connectivity index (χ3n) is 1.98. The number of carbonyl (C=O) groups is 1. The Labute approximate surface area is 93.8 Å². The zero-order valence-electron chi connectivity index (χ0n) is 8.53. The molecule has 1 aromatic heterocycles. The number of hydrogen-bond acceptors (Lipinski definition) is 3. The molecule has 1 unspecified atom stereocenters. The number of nitrogens with one attached hydrogen (secondary N) is 1. The summed E-state index contributed by atoms with van der Waals surface area (Å²) < 4.78 is 0. The van der Waals surface area contributed by atoms with Gasteiger partial charge in [0.2, 0.25) is 5.91 Å². The van der Waals surface area contributed by atoms with Crippen molar-refractivity contribution in [2.75, 3.05) is 5.32 Å². The maximum Gasteiger partial charge on any atom is 0.225 e. The van der Waals surface area contributed by atoms with Crippen LogP contribution in [0.25, 0.3) is 0 Å². The molecule has 0 aliphatic carbocycles. The molecule has 1 rings (SSSR count). The van der Waals surface area contributed by atoms with Crippen LogP contribution in [0.2, 0.25) is 5.15 Å². The van der Waals surface area contributed by atoms with Gasteiger partial charge in [0.1, 0.15) is 5.15 Å². The highest BCUT2D eigenvalue weighted by atomic mass is 35.5. The van der Waals surface area contributed by atoms with E-state index < -0.39 is 0 Å². The van der Waals surface area contributed by atoms with Crippen LogP contribution >= 0.6 is 11.6 Å². The molecule has 1 aromatic rings. The first-order valence-corrected chi connectivity index (χ1v) is 5.16. The van der Waals surface area contributed by atoms with Crippen LogP contribution in [0.3, 0.4) is 0 Å². The predicted molar refractivity (Wildman–Crippen MR) is 60.8 cm³/mol. The van der Waals surface area contributed by atoms with Crippen molar-refractivity contribution in [1.82, 2.24) is 4.98 Å². The Balaban J connectivity index is 2.48. The van der Waals surface area contributed by atoms with Crippen molar-refractivity contribution >= 4 is 23.2 Å². The maximum atomic E-state index is 11.4. The Morgan fingerprint density at radius 3 is 2.93 bits per heavy atom. The van der Waals surface area contributed by atoms with Gasteiger partial charge in [-0.3, -0.25) is 4.79 Å². The molecule has 1 atom stereocenters. The van der Waals surface area contributed by atoms with Crippen LogP contribution < -0.4 is 11.1 Å². The van der Waals surface area contributed by atoms with Crippen LogP contribution in [-0.4, -0.2) is 16.9 Å². The molecular weight excluding hydrogens is 214 g/mol. The fourth-order valence-corrected chi connectivity index (χ4v) is 1.16. The van der Waals surface area contributed by atoms with Crippen molar-refractivity contribution in [1.29, 1.82) is 0 Å². The minimum Gasteiger partial charge on any atom is -0.327 e. The van der Waals surface area contributed by atoms with Crippen LogP contribution in [0.15, 0.2) is 18.3 Å². The first-order chi connectivity index (χ1) is 7.11. The average molecular weight is 228 g/mol. The lowest BCUT2D eigenvalue weighted by Crippen LogP contribution is -2.26. The standard InChI is InChI=1S/C10H14ClN3O/c1-2-7(12)5-10(15)14-8-3-4-9(11)13-6-8/h3-4,6-7H,2,5,12H2,1H3,(H,14,15). The monoisotopic (exact) mass is 227 g/mol. The lowest BCUT2D eigenvalue weighted by Gasteiger charge is -2.08. The number of pyridine rings is 1. The van der Waals surface area contributed by atoms with Gasteiger partial charge >= 0.3 is 0 Å². The molecule has 0 radical (unpaired) electrons. The smallest absolute Gasteiger partial charge is 0.225 e. The second-order valence-electron chi connectivity index (χ2n) is 3.29. The third kappa shape index (κ3) is 4.27. The summed E-state index contributed by atoms with van der Waals surface area (Å²) in [6.45, 7) is 1.95. The molecule has 0 fully saturated rings. The van der Waals surface area contributed by atoms with E-state index in [0.29, 0.717) is 17.3 Å². The van der Waals surface area contributed by atoms with Crippen molar-refractivity contribution in [3.05, 3.63) is 23.5 Å². The largest absolute Gasteiger partial charge is 0.327 e. The normalized spacial score (nSPS) is 12.2. The molecule has 0 aromatic carbocycles. The van der Waals surface area contributed by atoms with Gasteiger partial charge in [0.15, 0.2) is 0 Å². The van der Waals surface area contributed by atoms with Crippen molar-refractivity contribution in [3.63, 3.8) is 0 Å². The number of aromatic nitrogens is 1. The highest BCUT2D eigenvalue weighted by Crippen LogP contribution is 2.10. The second-order valence-corrected chi connectivity index (χ2v) is 3.68. The van der Waals surface area contributed by atoms with E-state index in [1.165, 1.54) is 6.20 Å². The Morgan fingerprint density at radius 1 is 1.67 bits per heavy atom. The van der Waals surface area contributed by atoms with Gasteiger partial charge < -0.3 is 11.1 Å². The lowest BCUT2D eigenvalue weighted by molar-refractivity contribution is -0.116. The molecule has 0 bridgehead atoms. The summed E-state index contributed by atoms with van der Waals surface area (Å²) in [7, 11) is 0. The fraction of sp³-hybridized carbons (Fsp3) is 0.400. The van der Waals surface area contributed by atoms with Crippen molar-refractivity contribution < 1.29 is 4.79 Å². The Bertz CT molecular complexity index is 326. The number of anilines is 1. The number of rotatable bonds is 4. The zero-order chi connectivity index (χ0) is 11.3. The molecular formula is C10H14ClN3O. The summed E-state index contributed by atoms with van der Waals surface area (Å²) in [6.07, 6.45) is 2.61. The minimum atomic E-state index is -0.103. The van der Waals surface area contributed by atoms with Crippen LogP contribution in [-0.2, 0) is 4.79 Å². The SMILES string of the molecule is CCC(N)CC(=O)Nc1ccc(Cl)nc1. The average Bonchev–Trinajstić information content (AvgIpc) is 2.21. The van der Waals surface area contributed by atoms with E-state index in [1.807, 2.05) is 6.92 Å². The van der Waals surface area contributed by atoms with Crippen molar-refractivity contribution in [3.8, 4) is 0 Å². The molecule has 1 heterocycles. The molecule has 0 spiro atoms. The Kier molecular flexibility index (Phi) is 4.52. The third-order valence-corrected chi connectivity index (χ3v) is 2.21. The van der Waals surface area contributed by atoms with Gasteiger partial charge in [0.25, 0.3) is 0 Å². The Hall–Kier alpha value is -1.13. The second kappa shape index (κ2) is 5.68. The van der Waals surface area contributed by atoms with Gasteiger partial charge in [0, 0.05) is 12.5 Å². The van der Waals surface area contributed by atoms with Crippen molar-refractivity contribution in [2.45, 2.75) is 25.8 Å². The number of nitrogens with two attached hydrogens (primary N) is 1. The number of carbonyl (C=O) groups excluding carboxylic acids is 1. The predicted octanol–water partition coefficient (Wildman–Crippen LogP) is 1.80. The summed E-state index contributed by atoms with van der Waals surface area (Å²) in [5.41, 5.74) is 6.29. The Morgan fingerprint density at radius 2 is 2.40 bits per heavy atom. The van der Waals surface area contributed by atoms with E-state index in [1.54, 1.807) is 12.1 Å². The van der Waals surface area contributed by atoms with Gasteiger partial charge in [-0.1, -0.05) is 18.5 Å². The van der Waals surface area contributed by atoms with Crippen molar-refractivity contribution in [2.24, 2.45) is 5.73 Å². The quantitative estimate of drug-likeness (QED) is 0.771. The van der Waals surface area contributed by atoms with E-state index in [9.17, 15) is 4.79 Å². The molecule has 0 saturated heterocycles. The van der Waals surface area contributed by atoms with Crippen LogP contribution in [0.4, 0.5) is 5.69 Å². The van der Waals surface area contributed by atoms with E-state index in [-0.39, 0.29) is 11.9 Å². The maximum absolute atomic E-state index is 11.4. The topological polar surface area (TPSA) is 68.0 Å². The molecule has 0 saturated carbocycles. The highest BCUT2D eigenvalue weighted by molar-refractivity contribution is 6.29. The van der Waals surface area contributed by atoms with Gasteiger partial charge in [0.05, 0.1) is 11.9 Å². The first-order valence-electron chi connectivity index (χ1n) is 4.78. The molecule has 4 nitrogen and oxygen atoms in total. The molecule has 0 aliphatic rings. The molecule has 0 aliphatic heterocycles. The summed E-state index contributed by atoms with van der Waals surface area (Å²) >= 11 is 5.61. The zero-order valence-corrected chi connectivity index (χ0v) is 9.29. The number of amides is 1. The highest BCUT2D eigenvalue weighted by Gasteiger charge is 2.07. The first kappa shape index (κ1) is 11.9. The van der Waals surface area contributed by atoms with Gasteiger partial charge in [-0.15, -0.1) is 0 Å². The van der Waals surface area contributed by atoms with Crippen LogP contribution in [0.5, 0.6) is 0 Å². The van der Waals surface area contributed by atoms with E-state index in [0.717, 1.165) is 6.42 Å². The summed E-state index contributed by atoms with van der Waals surface area (Å²) in [5.74, 6) is -0.103. The minimum absolute atomic E-state index is 0.0924. The van der Waals surface area contributed by atoms with E-state index in [4.69, 9.17) is 17.3 Å². The van der Waals surface area contributed by atoms with Gasteiger partial charge in [-0.2, -0.15) is 0 Å². The number of hydrogen-bond donors (Lipinski definition) is 2. The summed E-state index contributed by atoms with van der Waals surface area (Å²) in [4.78, 5) is 15.3. The number of halogens is 1.